The van der Waals surface area contributed by atoms with E-state index in [1.165, 1.54) is 0 Å². The molecule has 0 unspecified atom stereocenters. The highest BCUT2D eigenvalue weighted by Gasteiger charge is 2.26. The molecule has 0 saturated carbocycles. The van der Waals surface area contributed by atoms with Crippen LogP contribution in [0.2, 0.25) is 0 Å². The Kier molecular flexibility index (Phi) is 7.63. The van der Waals surface area contributed by atoms with Crippen LogP contribution in [0.15, 0.2) is 52.9 Å². The number of amides is 2. The van der Waals surface area contributed by atoms with Gasteiger partial charge in [0.2, 0.25) is 11.8 Å². The number of carbonyl (C=O) groups excluding carboxylic acids is 2. The van der Waals surface area contributed by atoms with E-state index >= 15 is 0 Å². The summed E-state index contributed by atoms with van der Waals surface area (Å²) in [6.45, 7) is 7.26. The zero-order chi connectivity index (χ0) is 24.9. The lowest BCUT2D eigenvalue weighted by Gasteiger charge is -2.33. The molecule has 2 aromatic carbocycles. The lowest BCUT2D eigenvalue weighted by Crippen LogP contribution is -2.47. The highest BCUT2D eigenvalue weighted by molar-refractivity contribution is 5.97. The SMILES string of the molecule is CN1CCN(CCNC(=O)CC2CCN(C(=O)c3ccc4nc(-c5ccccc5)oc4c3)CC2)CC1. The van der Waals surface area contributed by atoms with Gasteiger partial charge in [-0.2, -0.15) is 0 Å². The first-order valence-electron chi connectivity index (χ1n) is 13.0. The predicted octanol–water partition coefficient (Wildman–Crippen LogP) is 3.10. The Morgan fingerprint density at radius 1 is 1.00 bits per heavy atom. The summed E-state index contributed by atoms with van der Waals surface area (Å²) in [4.78, 5) is 36.8. The fraction of sp³-hybridized carbons (Fsp3) is 0.464. The molecule has 2 aliphatic heterocycles. The third-order valence-corrected chi connectivity index (χ3v) is 7.38. The Morgan fingerprint density at radius 2 is 1.75 bits per heavy atom. The first-order chi connectivity index (χ1) is 17.5. The third-order valence-electron chi connectivity index (χ3n) is 7.38. The van der Waals surface area contributed by atoms with Crippen molar-refractivity contribution < 1.29 is 14.0 Å². The average Bonchev–Trinajstić information content (AvgIpc) is 3.34. The van der Waals surface area contributed by atoms with Crippen molar-refractivity contribution in [2.24, 2.45) is 5.92 Å². The van der Waals surface area contributed by atoms with Gasteiger partial charge >= 0.3 is 0 Å². The predicted molar refractivity (Wildman–Crippen MR) is 140 cm³/mol. The molecule has 1 aromatic heterocycles. The minimum Gasteiger partial charge on any atom is -0.436 e. The normalized spacial score (nSPS) is 18.0. The number of aromatic nitrogens is 1. The minimum atomic E-state index is 0.00430. The minimum absolute atomic E-state index is 0.00430. The maximum Gasteiger partial charge on any atom is 0.253 e. The van der Waals surface area contributed by atoms with Gasteiger partial charge in [-0.05, 0) is 56.1 Å². The van der Waals surface area contributed by atoms with E-state index in [1.807, 2.05) is 47.4 Å². The monoisotopic (exact) mass is 489 g/mol. The summed E-state index contributed by atoms with van der Waals surface area (Å²) < 4.78 is 5.94. The highest BCUT2D eigenvalue weighted by Crippen LogP contribution is 2.26. The Bertz CT molecular complexity index is 1180. The van der Waals surface area contributed by atoms with Crippen LogP contribution in [-0.4, -0.2) is 90.9 Å². The third kappa shape index (κ3) is 5.94. The van der Waals surface area contributed by atoms with Crippen molar-refractivity contribution in [3.8, 4) is 11.5 Å². The van der Waals surface area contributed by atoms with Crippen LogP contribution in [0.5, 0.6) is 0 Å². The van der Waals surface area contributed by atoms with E-state index in [0.717, 1.165) is 56.6 Å². The number of piperazine rings is 1. The zero-order valence-corrected chi connectivity index (χ0v) is 21.0. The number of oxazole rings is 1. The lowest BCUT2D eigenvalue weighted by molar-refractivity contribution is -0.122. The topological polar surface area (TPSA) is 81.9 Å². The highest BCUT2D eigenvalue weighted by atomic mass is 16.3. The smallest absolute Gasteiger partial charge is 0.253 e. The number of carbonyl (C=O) groups is 2. The molecule has 190 valence electrons. The molecule has 0 radical (unpaired) electrons. The van der Waals surface area contributed by atoms with Gasteiger partial charge in [-0.15, -0.1) is 0 Å². The molecule has 2 amide bonds. The van der Waals surface area contributed by atoms with Gasteiger partial charge in [0.05, 0.1) is 0 Å². The molecule has 8 nitrogen and oxygen atoms in total. The fourth-order valence-corrected chi connectivity index (χ4v) is 5.04. The number of fused-ring (bicyclic) bond motifs is 1. The molecule has 2 aliphatic rings. The molecule has 1 N–H and O–H groups in total. The second-order valence-corrected chi connectivity index (χ2v) is 10.0. The number of nitrogens with zero attached hydrogens (tertiary/aromatic N) is 4. The first-order valence-corrected chi connectivity index (χ1v) is 13.0. The van der Waals surface area contributed by atoms with E-state index in [1.54, 1.807) is 6.07 Å². The first kappa shape index (κ1) is 24.5. The fourth-order valence-electron chi connectivity index (χ4n) is 5.04. The van der Waals surface area contributed by atoms with Crippen LogP contribution in [-0.2, 0) is 4.79 Å². The van der Waals surface area contributed by atoms with E-state index in [9.17, 15) is 9.59 Å². The van der Waals surface area contributed by atoms with Gasteiger partial charge in [-0.3, -0.25) is 14.5 Å². The van der Waals surface area contributed by atoms with E-state index in [0.29, 0.717) is 49.0 Å². The number of likely N-dealkylation sites (N-methyl/N-ethyl adjacent to an activating group) is 1. The molecule has 5 rings (SSSR count). The summed E-state index contributed by atoms with van der Waals surface area (Å²) in [5.41, 5.74) is 2.87. The van der Waals surface area contributed by atoms with Gasteiger partial charge in [-0.1, -0.05) is 18.2 Å². The molecule has 2 saturated heterocycles. The maximum atomic E-state index is 13.1. The van der Waals surface area contributed by atoms with Crippen molar-refractivity contribution in [2.75, 3.05) is 59.4 Å². The van der Waals surface area contributed by atoms with Crippen LogP contribution in [0.3, 0.4) is 0 Å². The number of hydrogen-bond acceptors (Lipinski definition) is 6. The Hall–Kier alpha value is -3.23. The lowest BCUT2D eigenvalue weighted by atomic mass is 9.93. The van der Waals surface area contributed by atoms with Crippen LogP contribution in [0.25, 0.3) is 22.6 Å². The van der Waals surface area contributed by atoms with Crippen LogP contribution in [0, 0.1) is 5.92 Å². The molecule has 0 bridgehead atoms. The number of benzene rings is 2. The zero-order valence-electron chi connectivity index (χ0n) is 21.0. The van der Waals surface area contributed by atoms with Crippen molar-refractivity contribution in [3.05, 3.63) is 54.1 Å². The van der Waals surface area contributed by atoms with Crippen LogP contribution < -0.4 is 5.32 Å². The number of hydrogen-bond donors (Lipinski definition) is 1. The standard InChI is InChI=1S/C28H35N5O3/c1-31-15-17-32(18-16-31)14-11-29-26(34)19-21-9-12-33(13-10-21)28(35)23-7-8-24-25(20-23)36-27(30-24)22-5-3-2-4-6-22/h2-8,20-21H,9-19H2,1H3,(H,29,34). The second-order valence-electron chi connectivity index (χ2n) is 10.0. The number of nitrogens with one attached hydrogen (secondary N) is 1. The Labute approximate surface area is 212 Å². The van der Waals surface area contributed by atoms with Gasteiger partial charge < -0.3 is 19.5 Å². The molecule has 36 heavy (non-hydrogen) atoms. The number of piperidine rings is 1. The van der Waals surface area contributed by atoms with Crippen molar-refractivity contribution in [2.45, 2.75) is 19.3 Å². The molecule has 0 spiro atoms. The summed E-state index contributed by atoms with van der Waals surface area (Å²) in [7, 11) is 2.15. The summed E-state index contributed by atoms with van der Waals surface area (Å²) in [6, 6.07) is 15.2. The van der Waals surface area contributed by atoms with Crippen molar-refractivity contribution in [1.82, 2.24) is 25.0 Å². The van der Waals surface area contributed by atoms with E-state index < -0.39 is 0 Å². The molecule has 0 aliphatic carbocycles. The van der Waals surface area contributed by atoms with Crippen LogP contribution in [0.4, 0.5) is 0 Å². The molecule has 3 heterocycles. The summed E-state index contributed by atoms with van der Waals surface area (Å²) in [5, 5.41) is 3.09. The molecule has 2 fully saturated rings. The molecular formula is C28H35N5O3. The van der Waals surface area contributed by atoms with Gasteiger partial charge in [-0.25, -0.2) is 4.98 Å². The molecule has 3 aromatic rings. The summed E-state index contributed by atoms with van der Waals surface area (Å²) in [6.07, 6.45) is 2.23. The van der Waals surface area contributed by atoms with Gasteiger partial charge in [0, 0.05) is 69.9 Å². The van der Waals surface area contributed by atoms with Crippen molar-refractivity contribution in [3.63, 3.8) is 0 Å². The van der Waals surface area contributed by atoms with Crippen LogP contribution >= 0.6 is 0 Å². The van der Waals surface area contributed by atoms with Gasteiger partial charge in [0.1, 0.15) is 5.52 Å². The van der Waals surface area contributed by atoms with Crippen molar-refractivity contribution >= 4 is 22.9 Å². The van der Waals surface area contributed by atoms with Crippen molar-refractivity contribution in [1.29, 1.82) is 0 Å². The number of rotatable bonds is 7. The summed E-state index contributed by atoms with van der Waals surface area (Å²) >= 11 is 0. The Morgan fingerprint density at radius 3 is 2.50 bits per heavy atom. The van der Waals surface area contributed by atoms with E-state index in [-0.39, 0.29) is 11.8 Å². The maximum absolute atomic E-state index is 13.1. The van der Waals surface area contributed by atoms with E-state index in [4.69, 9.17) is 4.42 Å². The number of likely N-dealkylation sites (tertiary alicyclic amines) is 1. The van der Waals surface area contributed by atoms with Gasteiger partial charge in [0.15, 0.2) is 5.58 Å². The molecule has 0 atom stereocenters. The molecular weight excluding hydrogens is 454 g/mol. The molecule has 8 heteroatoms. The van der Waals surface area contributed by atoms with E-state index in [2.05, 4.69) is 27.1 Å². The Balaban J connectivity index is 1.08. The largest absolute Gasteiger partial charge is 0.436 e. The average molecular weight is 490 g/mol. The summed E-state index contributed by atoms with van der Waals surface area (Å²) in [5.74, 6) is 1.00. The quantitative estimate of drug-likeness (QED) is 0.549. The second kappa shape index (κ2) is 11.2. The van der Waals surface area contributed by atoms with Crippen LogP contribution in [0.1, 0.15) is 29.6 Å². The van der Waals surface area contributed by atoms with Gasteiger partial charge in [0.25, 0.3) is 5.91 Å².